The summed E-state index contributed by atoms with van der Waals surface area (Å²) >= 11 is 3.34. The third kappa shape index (κ3) is 4.68. The molecule has 3 nitrogen and oxygen atoms in total. The summed E-state index contributed by atoms with van der Waals surface area (Å²) in [5, 5.41) is 3.97. The zero-order chi connectivity index (χ0) is 15.1. The predicted molar refractivity (Wildman–Crippen MR) is 90.2 cm³/mol. The van der Waals surface area contributed by atoms with E-state index >= 15 is 0 Å². The number of halogens is 1. The molecule has 0 unspecified atom stereocenters. The number of carbonyl (C=O) groups excluding carboxylic acids is 1. The SMILES string of the molecule is CC(C=NNC(=O)c1ccccc1Br)=Cc1ccccc1. The average molecular weight is 343 g/mol. The van der Waals surface area contributed by atoms with Crippen LogP contribution in [0.15, 0.2) is 69.7 Å². The van der Waals surface area contributed by atoms with Crippen LogP contribution in [0.5, 0.6) is 0 Å². The monoisotopic (exact) mass is 342 g/mol. The number of nitrogens with zero attached hydrogens (tertiary/aromatic N) is 1. The van der Waals surface area contributed by atoms with E-state index in [1.165, 1.54) is 0 Å². The van der Waals surface area contributed by atoms with Gasteiger partial charge in [0.05, 0.1) is 11.8 Å². The molecule has 4 heteroatoms. The molecule has 0 aliphatic carbocycles. The van der Waals surface area contributed by atoms with Gasteiger partial charge in [-0.05, 0) is 46.1 Å². The van der Waals surface area contributed by atoms with Gasteiger partial charge in [-0.25, -0.2) is 5.43 Å². The smallest absolute Gasteiger partial charge is 0.267 e. The van der Waals surface area contributed by atoms with Crippen LogP contribution in [0.1, 0.15) is 22.8 Å². The van der Waals surface area contributed by atoms with E-state index in [4.69, 9.17) is 0 Å². The number of hydrogen-bond acceptors (Lipinski definition) is 2. The molecule has 21 heavy (non-hydrogen) atoms. The molecule has 0 spiro atoms. The van der Waals surface area contributed by atoms with E-state index in [0.717, 1.165) is 15.6 Å². The first-order valence-electron chi connectivity index (χ1n) is 6.48. The molecular weight excluding hydrogens is 328 g/mol. The summed E-state index contributed by atoms with van der Waals surface area (Å²) < 4.78 is 0.745. The molecule has 0 aliphatic heterocycles. The van der Waals surface area contributed by atoms with Gasteiger partial charge < -0.3 is 0 Å². The molecule has 0 atom stereocenters. The van der Waals surface area contributed by atoms with Gasteiger partial charge in [-0.3, -0.25) is 4.79 Å². The highest BCUT2D eigenvalue weighted by molar-refractivity contribution is 9.10. The maximum atomic E-state index is 11.9. The van der Waals surface area contributed by atoms with E-state index in [9.17, 15) is 4.79 Å². The second kappa shape index (κ2) is 7.55. The highest BCUT2D eigenvalue weighted by Gasteiger charge is 2.07. The predicted octanol–water partition coefficient (Wildman–Crippen LogP) is 4.27. The lowest BCUT2D eigenvalue weighted by molar-refractivity contribution is 0.0954. The normalized spacial score (nSPS) is 11.6. The number of benzene rings is 2. The van der Waals surface area contributed by atoms with Crippen molar-refractivity contribution < 1.29 is 4.79 Å². The van der Waals surface area contributed by atoms with Gasteiger partial charge in [0.1, 0.15) is 0 Å². The minimum Gasteiger partial charge on any atom is -0.267 e. The van der Waals surface area contributed by atoms with Crippen LogP contribution >= 0.6 is 15.9 Å². The molecule has 1 amide bonds. The summed E-state index contributed by atoms with van der Waals surface area (Å²) in [5.74, 6) is -0.244. The Morgan fingerprint density at radius 2 is 1.76 bits per heavy atom. The second-order valence-corrected chi connectivity index (χ2v) is 5.33. The van der Waals surface area contributed by atoms with Crippen LogP contribution in [0, 0.1) is 0 Å². The van der Waals surface area contributed by atoms with Crippen LogP contribution in [0.2, 0.25) is 0 Å². The first-order valence-corrected chi connectivity index (χ1v) is 7.27. The quantitative estimate of drug-likeness (QED) is 0.654. The molecule has 0 saturated carbocycles. The van der Waals surface area contributed by atoms with Crippen LogP contribution in [-0.2, 0) is 0 Å². The number of hydrogen-bond donors (Lipinski definition) is 1. The highest BCUT2D eigenvalue weighted by Crippen LogP contribution is 2.15. The zero-order valence-corrected chi connectivity index (χ0v) is 13.2. The number of carbonyl (C=O) groups is 1. The summed E-state index contributed by atoms with van der Waals surface area (Å²) in [4.78, 5) is 11.9. The van der Waals surface area contributed by atoms with Gasteiger partial charge in [-0.1, -0.05) is 48.5 Å². The molecule has 2 aromatic carbocycles. The lowest BCUT2D eigenvalue weighted by atomic mass is 10.1. The zero-order valence-electron chi connectivity index (χ0n) is 11.6. The van der Waals surface area contributed by atoms with Gasteiger partial charge in [-0.15, -0.1) is 0 Å². The van der Waals surface area contributed by atoms with Crippen LogP contribution in [0.25, 0.3) is 6.08 Å². The molecule has 0 aromatic heterocycles. The van der Waals surface area contributed by atoms with Crippen molar-refractivity contribution in [3.05, 3.63) is 75.8 Å². The standard InChI is InChI=1S/C17H15BrN2O/c1-13(11-14-7-3-2-4-8-14)12-19-20-17(21)15-9-5-6-10-16(15)18/h2-12H,1H3,(H,20,21). The summed E-state index contributed by atoms with van der Waals surface area (Å²) in [6.45, 7) is 1.93. The number of rotatable bonds is 4. The molecule has 1 N–H and O–H groups in total. The topological polar surface area (TPSA) is 41.5 Å². The molecule has 2 aromatic rings. The molecule has 0 bridgehead atoms. The minimum atomic E-state index is -0.244. The molecular formula is C17H15BrN2O. The fourth-order valence-electron chi connectivity index (χ4n) is 1.75. The van der Waals surface area contributed by atoms with Crippen LogP contribution in [-0.4, -0.2) is 12.1 Å². The van der Waals surface area contributed by atoms with Gasteiger partial charge in [0.15, 0.2) is 0 Å². The van der Waals surface area contributed by atoms with Crippen LogP contribution < -0.4 is 5.43 Å². The van der Waals surface area contributed by atoms with Crippen molar-refractivity contribution in [2.45, 2.75) is 6.92 Å². The summed E-state index contributed by atoms with van der Waals surface area (Å²) in [7, 11) is 0. The summed E-state index contributed by atoms with van der Waals surface area (Å²) in [5.41, 5.74) is 5.12. The minimum absolute atomic E-state index is 0.244. The molecule has 2 rings (SSSR count). The molecule has 0 heterocycles. The number of amides is 1. The van der Waals surface area contributed by atoms with Gasteiger partial charge in [0.2, 0.25) is 0 Å². The van der Waals surface area contributed by atoms with Crippen molar-refractivity contribution in [3.8, 4) is 0 Å². The third-order valence-corrected chi connectivity index (χ3v) is 3.44. The summed E-state index contributed by atoms with van der Waals surface area (Å²) in [6, 6.07) is 17.2. The Bertz CT molecular complexity index is 678. The Balaban J connectivity index is 1.98. The van der Waals surface area contributed by atoms with Crippen molar-refractivity contribution >= 4 is 34.1 Å². The fraction of sp³-hybridized carbons (Fsp3) is 0.0588. The van der Waals surface area contributed by atoms with Gasteiger partial charge in [-0.2, -0.15) is 5.10 Å². The van der Waals surface area contributed by atoms with Gasteiger partial charge in [0, 0.05) is 4.47 Å². The first-order chi connectivity index (χ1) is 10.2. The lowest BCUT2D eigenvalue weighted by Crippen LogP contribution is -2.18. The highest BCUT2D eigenvalue weighted by atomic mass is 79.9. The van der Waals surface area contributed by atoms with Crippen LogP contribution in [0.4, 0.5) is 0 Å². The van der Waals surface area contributed by atoms with Gasteiger partial charge >= 0.3 is 0 Å². The van der Waals surface area contributed by atoms with E-state index in [2.05, 4.69) is 26.5 Å². The maximum absolute atomic E-state index is 11.9. The Kier molecular flexibility index (Phi) is 5.46. The van der Waals surface area contributed by atoms with Crippen molar-refractivity contribution in [1.29, 1.82) is 0 Å². The van der Waals surface area contributed by atoms with E-state index in [1.807, 2.05) is 61.5 Å². The molecule has 0 saturated heterocycles. The van der Waals surface area contributed by atoms with E-state index < -0.39 is 0 Å². The number of hydrazone groups is 1. The Hall–Kier alpha value is -2.20. The van der Waals surface area contributed by atoms with Crippen molar-refractivity contribution in [1.82, 2.24) is 5.43 Å². The second-order valence-electron chi connectivity index (χ2n) is 4.48. The third-order valence-electron chi connectivity index (χ3n) is 2.75. The van der Waals surface area contributed by atoms with Crippen LogP contribution in [0.3, 0.4) is 0 Å². The number of nitrogens with one attached hydrogen (secondary N) is 1. The van der Waals surface area contributed by atoms with E-state index in [0.29, 0.717) is 5.56 Å². The van der Waals surface area contributed by atoms with E-state index in [1.54, 1.807) is 12.3 Å². The fourth-order valence-corrected chi connectivity index (χ4v) is 2.21. The van der Waals surface area contributed by atoms with Gasteiger partial charge in [0.25, 0.3) is 5.91 Å². The first kappa shape index (κ1) is 15.2. The van der Waals surface area contributed by atoms with Crippen molar-refractivity contribution in [2.24, 2.45) is 5.10 Å². The number of allylic oxidation sites excluding steroid dienone is 1. The average Bonchev–Trinajstić information content (AvgIpc) is 2.48. The molecule has 0 radical (unpaired) electrons. The Morgan fingerprint density at radius 3 is 2.48 bits per heavy atom. The molecule has 106 valence electrons. The Labute approximate surface area is 132 Å². The largest absolute Gasteiger partial charge is 0.272 e. The molecule has 0 fully saturated rings. The maximum Gasteiger partial charge on any atom is 0.272 e. The lowest BCUT2D eigenvalue weighted by Gasteiger charge is -2.02. The van der Waals surface area contributed by atoms with Crippen molar-refractivity contribution in [2.75, 3.05) is 0 Å². The van der Waals surface area contributed by atoms with E-state index in [-0.39, 0.29) is 5.91 Å². The summed E-state index contributed by atoms with van der Waals surface area (Å²) in [6.07, 6.45) is 3.62. The Morgan fingerprint density at radius 1 is 1.10 bits per heavy atom. The van der Waals surface area contributed by atoms with Crippen molar-refractivity contribution in [3.63, 3.8) is 0 Å². The molecule has 0 aliphatic rings.